The maximum absolute atomic E-state index is 12.2. The van der Waals surface area contributed by atoms with Gasteiger partial charge in [0.25, 0.3) is 0 Å². The van der Waals surface area contributed by atoms with Gasteiger partial charge in [-0.2, -0.15) is 0 Å². The predicted octanol–water partition coefficient (Wildman–Crippen LogP) is 4.14. The van der Waals surface area contributed by atoms with E-state index in [2.05, 4.69) is 14.9 Å². The monoisotopic (exact) mass is 404 g/mol. The van der Waals surface area contributed by atoms with Gasteiger partial charge in [0.05, 0.1) is 11.4 Å². The quantitative estimate of drug-likeness (QED) is 0.508. The molecule has 156 valence electrons. The molecule has 0 saturated carbocycles. The second-order valence-corrected chi connectivity index (χ2v) is 7.17. The minimum atomic E-state index is -0.306. The topological polar surface area (TPSA) is 58.6 Å². The Morgan fingerprint density at radius 1 is 0.833 bits per heavy atom. The molecule has 0 atom stereocenters. The van der Waals surface area contributed by atoms with Crippen molar-refractivity contribution in [3.63, 3.8) is 0 Å². The van der Waals surface area contributed by atoms with Crippen molar-refractivity contribution in [2.24, 2.45) is 0 Å². The van der Waals surface area contributed by atoms with E-state index in [1.807, 2.05) is 79.1 Å². The van der Waals surface area contributed by atoms with Crippen LogP contribution >= 0.6 is 0 Å². The van der Waals surface area contributed by atoms with Gasteiger partial charge in [-0.25, -0.2) is 4.79 Å². The van der Waals surface area contributed by atoms with Gasteiger partial charge in [-0.05, 0) is 36.2 Å². The fourth-order valence-electron chi connectivity index (χ4n) is 3.11. The van der Waals surface area contributed by atoms with Gasteiger partial charge in [-0.15, -0.1) is 0 Å². The first kappa shape index (κ1) is 21.5. The summed E-state index contributed by atoms with van der Waals surface area (Å²) >= 11 is 0. The van der Waals surface area contributed by atoms with E-state index in [9.17, 15) is 4.79 Å². The molecule has 30 heavy (non-hydrogen) atoms. The summed E-state index contributed by atoms with van der Waals surface area (Å²) in [7, 11) is 1.77. The number of nitrogens with zero attached hydrogens (tertiary/aromatic N) is 4. The van der Waals surface area contributed by atoms with Gasteiger partial charge >= 0.3 is 6.09 Å². The van der Waals surface area contributed by atoms with Crippen molar-refractivity contribution in [2.45, 2.75) is 26.1 Å². The van der Waals surface area contributed by atoms with Crippen LogP contribution < -0.4 is 0 Å². The van der Waals surface area contributed by atoms with Gasteiger partial charge in [0.1, 0.15) is 6.61 Å². The first-order valence-electron chi connectivity index (χ1n) is 10.1. The van der Waals surface area contributed by atoms with Crippen LogP contribution in [0.3, 0.4) is 0 Å². The average Bonchev–Trinajstić information content (AvgIpc) is 2.79. The molecular formula is C24H28N4O2. The van der Waals surface area contributed by atoms with E-state index >= 15 is 0 Å². The standard InChI is InChI=1S/C24H28N4O2/c1-27(24(29)30-20-21-10-3-2-4-11-21)16-9-17-28(18-22-12-5-7-14-25-22)19-23-13-6-8-15-26-23/h2-8,10-15H,9,16-20H2,1H3. The van der Waals surface area contributed by atoms with Crippen LogP contribution in [0.2, 0.25) is 0 Å². The minimum Gasteiger partial charge on any atom is -0.445 e. The van der Waals surface area contributed by atoms with Crippen molar-refractivity contribution >= 4 is 6.09 Å². The van der Waals surface area contributed by atoms with Gasteiger partial charge in [-0.1, -0.05) is 42.5 Å². The number of benzene rings is 1. The van der Waals surface area contributed by atoms with Gasteiger partial charge in [-0.3, -0.25) is 14.9 Å². The van der Waals surface area contributed by atoms with Crippen LogP contribution in [-0.4, -0.2) is 46.0 Å². The van der Waals surface area contributed by atoms with E-state index in [0.717, 1.165) is 43.0 Å². The predicted molar refractivity (Wildman–Crippen MR) is 116 cm³/mol. The summed E-state index contributed by atoms with van der Waals surface area (Å²) in [5.74, 6) is 0. The Bertz CT molecular complexity index is 834. The molecule has 0 radical (unpaired) electrons. The van der Waals surface area contributed by atoms with Crippen molar-refractivity contribution in [3.8, 4) is 0 Å². The van der Waals surface area contributed by atoms with Crippen LogP contribution in [0.5, 0.6) is 0 Å². The highest BCUT2D eigenvalue weighted by molar-refractivity contribution is 5.67. The van der Waals surface area contributed by atoms with E-state index < -0.39 is 0 Å². The summed E-state index contributed by atoms with van der Waals surface area (Å²) in [5, 5.41) is 0. The van der Waals surface area contributed by atoms with Crippen molar-refractivity contribution < 1.29 is 9.53 Å². The normalized spacial score (nSPS) is 10.7. The summed E-state index contributed by atoms with van der Waals surface area (Å²) in [6.45, 7) is 3.20. The lowest BCUT2D eigenvalue weighted by molar-refractivity contribution is 0.102. The van der Waals surface area contributed by atoms with E-state index in [-0.39, 0.29) is 12.7 Å². The van der Waals surface area contributed by atoms with Gasteiger partial charge < -0.3 is 9.64 Å². The molecule has 0 aliphatic carbocycles. The molecule has 6 heteroatoms. The first-order chi connectivity index (χ1) is 14.7. The Labute approximate surface area is 178 Å². The molecule has 0 unspecified atom stereocenters. The molecule has 1 amide bonds. The second-order valence-electron chi connectivity index (χ2n) is 7.17. The van der Waals surface area contributed by atoms with Crippen LogP contribution in [0.4, 0.5) is 4.79 Å². The third-order valence-corrected chi connectivity index (χ3v) is 4.71. The fourth-order valence-corrected chi connectivity index (χ4v) is 3.11. The highest BCUT2D eigenvalue weighted by Crippen LogP contribution is 2.08. The number of ether oxygens (including phenoxy) is 1. The average molecular weight is 405 g/mol. The van der Waals surface area contributed by atoms with Crippen molar-refractivity contribution in [1.29, 1.82) is 0 Å². The van der Waals surface area contributed by atoms with E-state index in [1.54, 1.807) is 11.9 Å². The van der Waals surface area contributed by atoms with Crippen LogP contribution in [0.25, 0.3) is 0 Å². The SMILES string of the molecule is CN(CCCN(Cc1ccccn1)Cc1ccccn1)C(=O)OCc1ccccc1. The van der Waals surface area contributed by atoms with Crippen LogP contribution in [-0.2, 0) is 24.4 Å². The van der Waals surface area contributed by atoms with Crippen molar-refractivity contribution in [3.05, 3.63) is 96.1 Å². The molecular weight excluding hydrogens is 376 g/mol. The minimum absolute atomic E-state index is 0.287. The zero-order chi connectivity index (χ0) is 21.0. The molecule has 0 fully saturated rings. The lowest BCUT2D eigenvalue weighted by atomic mass is 10.2. The third-order valence-electron chi connectivity index (χ3n) is 4.71. The fraction of sp³-hybridized carbons (Fsp3) is 0.292. The summed E-state index contributed by atoms with van der Waals surface area (Å²) in [6.07, 6.45) is 4.14. The molecule has 0 spiro atoms. The number of carbonyl (C=O) groups is 1. The number of amides is 1. The summed E-state index contributed by atoms with van der Waals surface area (Å²) < 4.78 is 5.39. The zero-order valence-electron chi connectivity index (χ0n) is 17.4. The number of hydrogen-bond acceptors (Lipinski definition) is 5. The lowest BCUT2D eigenvalue weighted by Crippen LogP contribution is -2.32. The number of hydrogen-bond donors (Lipinski definition) is 0. The molecule has 0 aliphatic heterocycles. The molecule has 6 nitrogen and oxygen atoms in total. The number of pyridine rings is 2. The molecule has 0 bridgehead atoms. The number of aromatic nitrogens is 2. The van der Waals surface area contributed by atoms with Gasteiger partial charge in [0.15, 0.2) is 0 Å². The maximum Gasteiger partial charge on any atom is 0.409 e. The first-order valence-corrected chi connectivity index (χ1v) is 10.1. The Hall–Kier alpha value is -3.25. The second kappa shape index (κ2) is 11.7. The molecule has 0 N–H and O–H groups in total. The third kappa shape index (κ3) is 7.29. The van der Waals surface area contributed by atoms with Gasteiger partial charge in [0.2, 0.25) is 0 Å². The Balaban J connectivity index is 1.48. The molecule has 0 aliphatic rings. The Kier molecular flexibility index (Phi) is 8.35. The highest BCUT2D eigenvalue weighted by Gasteiger charge is 2.13. The number of carbonyl (C=O) groups excluding carboxylic acids is 1. The molecule has 2 heterocycles. The Morgan fingerprint density at radius 2 is 1.43 bits per heavy atom. The lowest BCUT2D eigenvalue weighted by Gasteiger charge is -2.23. The zero-order valence-corrected chi connectivity index (χ0v) is 17.4. The summed E-state index contributed by atoms with van der Waals surface area (Å²) in [6, 6.07) is 21.6. The smallest absolute Gasteiger partial charge is 0.409 e. The van der Waals surface area contributed by atoms with E-state index in [4.69, 9.17) is 4.74 Å². The molecule has 3 aromatic rings. The van der Waals surface area contributed by atoms with Crippen LogP contribution in [0.15, 0.2) is 79.1 Å². The van der Waals surface area contributed by atoms with Crippen LogP contribution in [0, 0.1) is 0 Å². The highest BCUT2D eigenvalue weighted by atomic mass is 16.6. The maximum atomic E-state index is 12.2. The molecule has 1 aromatic carbocycles. The number of rotatable bonds is 10. The van der Waals surface area contributed by atoms with Crippen molar-refractivity contribution in [2.75, 3.05) is 20.1 Å². The molecule has 2 aromatic heterocycles. The summed E-state index contributed by atoms with van der Waals surface area (Å²) in [4.78, 5) is 25.0. The summed E-state index contributed by atoms with van der Waals surface area (Å²) in [5.41, 5.74) is 3.02. The molecule has 3 rings (SSSR count). The van der Waals surface area contributed by atoms with Crippen LogP contribution in [0.1, 0.15) is 23.4 Å². The van der Waals surface area contributed by atoms with Gasteiger partial charge in [0, 0.05) is 45.6 Å². The van der Waals surface area contributed by atoms with E-state index in [1.165, 1.54) is 0 Å². The molecule has 0 saturated heterocycles. The Morgan fingerprint density at radius 3 is 2.00 bits per heavy atom. The largest absolute Gasteiger partial charge is 0.445 e. The van der Waals surface area contributed by atoms with Crippen molar-refractivity contribution in [1.82, 2.24) is 19.8 Å². The van der Waals surface area contributed by atoms with E-state index in [0.29, 0.717) is 6.54 Å².